The van der Waals surface area contributed by atoms with Gasteiger partial charge >= 0.3 is 0 Å². The minimum atomic E-state index is 0.806. The van der Waals surface area contributed by atoms with E-state index in [-0.39, 0.29) is 0 Å². The maximum atomic E-state index is 5.43. The first-order valence-corrected chi connectivity index (χ1v) is 4.03. The molecule has 3 heterocycles. The second-order valence-corrected chi connectivity index (χ2v) is 2.92. The molecule has 1 aliphatic heterocycles. The standard InChI is InChI=1S/C9H8N2O/c1-4-10-11-5-2-9-7(8(1)11)3-6-12-9/h1-2,4-5H,3,6H2. The van der Waals surface area contributed by atoms with Crippen molar-refractivity contribution in [2.45, 2.75) is 6.42 Å². The summed E-state index contributed by atoms with van der Waals surface area (Å²) in [5.74, 6) is 1.02. The molecule has 0 saturated carbocycles. The fourth-order valence-corrected chi connectivity index (χ4v) is 1.69. The highest BCUT2D eigenvalue weighted by atomic mass is 16.5. The SMILES string of the molecule is c1cc2c3c(ccn2n1)OCC3. The Morgan fingerprint density at radius 3 is 3.42 bits per heavy atom. The van der Waals surface area contributed by atoms with Gasteiger partial charge in [-0.05, 0) is 12.1 Å². The molecule has 0 fully saturated rings. The van der Waals surface area contributed by atoms with E-state index in [2.05, 4.69) is 5.10 Å². The lowest BCUT2D eigenvalue weighted by Gasteiger charge is -1.99. The Kier molecular flexibility index (Phi) is 1.01. The first-order valence-electron chi connectivity index (χ1n) is 4.03. The summed E-state index contributed by atoms with van der Waals surface area (Å²) in [6.45, 7) is 0.806. The maximum Gasteiger partial charge on any atom is 0.126 e. The number of ether oxygens (including phenoxy) is 1. The molecule has 3 heteroatoms. The van der Waals surface area contributed by atoms with Crippen molar-refractivity contribution in [3.63, 3.8) is 0 Å². The van der Waals surface area contributed by atoms with Gasteiger partial charge in [0.15, 0.2) is 0 Å². The highest BCUT2D eigenvalue weighted by Crippen LogP contribution is 2.28. The predicted molar refractivity (Wildman–Crippen MR) is 44.4 cm³/mol. The van der Waals surface area contributed by atoms with E-state index >= 15 is 0 Å². The summed E-state index contributed by atoms with van der Waals surface area (Å²) in [6.07, 6.45) is 4.75. The molecule has 12 heavy (non-hydrogen) atoms. The molecule has 0 aliphatic carbocycles. The van der Waals surface area contributed by atoms with Crippen LogP contribution in [0.4, 0.5) is 0 Å². The van der Waals surface area contributed by atoms with Crippen LogP contribution in [0.5, 0.6) is 5.75 Å². The van der Waals surface area contributed by atoms with Crippen molar-refractivity contribution in [2.24, 2.45) is 0 Å². The van der Waals surface area contributed by atoms with Gasteiger partial charge in [0, 0.05) is 24.4 Å². The summed E-state index contributed by atoms with van der Waals surface area (Å²) in [5.41, 5.74) is 2.46. The van der Waals surface area contributed by atoms with Crippen molar-refractivity contribution >= 4 is 5.52 Å². The van der Waals surface area contributed by atoms with E-state index in [4.69, 9.17) is 4.74 Å². The van der Waals surface area contributed by atoms with Crippen molar-refractivity contribution in [3.8, 4) is 5.75 Å². The molecule has 60 valence electrons. The molecule has 0 saturated heterocycles. The van der Waals surface area contributed by atoms with Crippen molar-refractivity contribution < 1.29 is 4.74 Å². The highest BCUT2D eigenvalue weighted by molar-refractivity contribution is 5.60. The van der Waals surface area contributed by atoms with Gasteiger partial charge in [-0.15, -0.1) is 0 Å². The van der Waals surface area contributed by atoms with Crippen molar-refractivity contribution in [3.05, 3.63) is 30.1 Å². The normalized spacial score (nSPS) is 14.7. The molecule has 2 aromatic heterocycles. The van der Waals surface area contributed by atoms with Gasteiger partial charge < -0.3 is 4.74 Å². The lowest BCUT2D eigenvalue weighted by atomic mass is 10.2. The topological polar surface area (TPSA) is 26.5 Å². The molecule has 0 bridgehead atoms. The van der Waals surface area contributed by atoms with Crippen LogP contribution < -0.4 is 4.74 Å². The Bertz CT molecular complexity index is 433. The average molecular weight is 160 g/mol. The van der Waals surface area contributed by atoms with Crippen LogP contribution in [0.2, 0.25) is 0 Å². The molecule has 1 aliphatic rings. The van der Waals surface area contributed by atoms with E-state index in [9.17, 15) is 0 Å². The van der Waals surface area contributed by atoms with Crippen molar-refractivity contribution in [1.82, 2.24) is 9.61 Å². The molecule has 0 amide bonds. The number of nitrogens with zero attached hydrogens (tertiary/aromatic N) is 2. The molecule has 3 nitrogen and oxygen atoms in total. The monoisotopic (exact) mass is 160 g/mol. The van der Waals surface area contributed by atoms with Gasteiger partial charge in [0.1, 0.15) is 5.75 Å². The minimum Gasteiger partial charge on any atom is -0.493 e. The average Bonchev–Trinajstić information content (AvgIpc) is 2.71. The first kappa shape index (κ1) is 6.06. The summed E-state index contributed by atoms with van der Waals surface area (Å²) in [5, 5.41) is 4.16. The lowest BCUT2D eigenvalue weighted by Crippen LogP contribution is -1.88. The highest BCUT2D eigenvalue weighted by Gasteiger charge is 2.14. The van der Waals surface area contributed by atoms with Gasteiger partial charge in [-0.1, -0.05) is 0 Å². The van der Waals surface area contributed by atoms with Gasteiger partial charge in [0.2, 0.25) is 0 Å². The number of hydrogen-bond acceptors (Lipinski definition) is 2. The summed E-state index contributed by atoms with van der Waals surface area (Å²) < 4.78 is 7.32. The second kappa shape index (κ2) is 2.00. The van der Waals surface area contributed by atoms with E-state index in [0.717, 1.165) is 18.8 Å². The molecule has 2 aromatic rings. The van der Waals surface area contributed by atoms with Crippen LogP contribution in [0.15, 0.2) is 24.5 Å². The van der Waals surface area contributed by atoms with Crippen LogP contribution in [-0.2, 0) is 6.42 Å². The molecule has 0 spiro atoms. The molecular weight excluding hydrogens is 152 g/mol. The first-order chi connectivity index (χ1) is 5.95. The van der Waals surface area contributed by atoms with Crippen LogP contribution in [0.1, 0.15) is 5.56 Å². The minimum absolute atomic E-state index is 0.806. The zero-order chi connectivity index (χ0) is 7.97. The largest absolute Gasteiger partial charge is 0.493 e. The van der Waals surface area contributed by atoms with E-state index in [1.165, 1.54) is 11.1 Å². The van der Waals surface area contributed by atoms with Crippen LogP contribution >= 0.6 is 0 Å². The molecular formula is C9H8N2O. The Hall–Kier alpha value is -1.51. The van der Waals surface area contributed by atoms with Crippen LogP contribution in [-0.4, -0.2) is 16.2 Å². The fraction of sp³-hybridized carbons (Fsp3) is 0.222. The zero-order valence-electron chi connectivity index (χ0n) is 6.53. The molecule has 0 N–H and O–H groups in total. The smallest absolute Gasteiger partial charge is 0.126 e. The number of fused-ring (bicyclic) bond motifs is 3. The number of hydrogen-bond donors (Lipinski definition) is 0. The van der Waals surface area contributed by atoms with E-state index in [0.29, 0.717) is 0 Å². The van der Waals surface area contributed by atoms with Crippen LogP contribution in [0.25, 0.3) is 5.52 Å². The number of rotatable bonds is 0. The third-order valence-corrected chi connectivity index (χ3v) is 2.25. The van der Waals surface area contributed by atoms with E-state index in [1.807, 2.05) is 29.0 Å². The molecule has 0 aromatic carbocycles. The van der Waals surface area contributed by atoms with Gasteiger partial charge in [-0.3, -0.25) is 0 Å². The number of pyridine rings is 1. The fourth-order valence-electron chi connectivity index (χ4n) is 1.69. The van der Waals surface area contributed by atoms with E-state index < -0.39 is 0 Å². The van der Waals surface area contributed by atoms with E-state index in [1.54, 1.807) is 0 Å². The van der Waals surface area contributed by atoms with Crippen molar-refractivity contribution in [1.29, 1.82) is 0 Å². The second-order valence-electron chi connectivity index (χ2n) is 2.92. The van der Waals surface area contributed by atoms with Gasteiger partial charge in [0.25, 0.3) is 0 Å². The maximum absolute atomic E-state index is 5.43. The van der Waals surface area contributed by atoms with Crippen LogP contribution in [0, 0.1) is 0 Å². The molecule has 0 atom stereocenters. The summed E-state index contributed by atoms with van der Waals surface area (Å²) >= 11 is 0. The van der Waals surface area contributed by atoms with Crippen molar-refractivity contribution in [2.75, 3.05) is 6.61 Å². The quantitative estimate of drug-likeness (QED) is 0.580. The number of aromatic nitrogens is 2. The molecule has 3 rings (SSSR count). The summed E-state index contributed by atoms with van der Waals surface area (Å²) in [6, 6.07) is 4.00. The predicted octanol–water partition coefficient (Wildman–Crippen LogP) is 1.27. The van der Waals surface area contributed by atoms with Crippen LogP contribution in [0.3, 0.4) is 0 Å². The van der Waals surface area contributed by atoms with Gasteiger partial charge in [0.05, 0.1) is 12.1 Å². The molecule has 0 unspecified atom stereocenters. The van der Waals surface area contributed by atoms with Gasteiger partial charge in [-0.25, -0.2) is 4.52 Å². The lowest BCUT2D eigenvalue weighted by molar-refractivity contribution is 0.356. The summed E-state index contributed by atoms with van der Waals surface area (Å²) in [4.78, 5) is 0. The zero-order valence-corrected chi connectivity index (χ0v) is 6.53. The Morgan fingerprint density at radius 2 is 2.42 bits per heavy atom. The van der Waals surface area contributed by atoms with Gasteiger partial charge in [-0.2, -0.15) is 5.10 Å². The third kappa shape index (κ3) is 0.630. The third-order valence-electron chi connectivity index (χ3n) is 2.25. The Labute approximate surface area is 69.6 Å². The Morgan fingerprint density at radius 1 is 1.42 bits per heavy atom. The Balaban J connectivity index is 2.46. The molecule has 0 radical (unpaired) electrons. The summed E-state index contributed by atoms with van der Waals surface area (Å²) in [7, 11) is 0.